The van der Waals surface area contributed by atoms with Crippen molar-refractivity contribution in [3.05, 3.63) is 20.7 Å². The van der Waals surface area contributed by atoms with E-state index in [1.807, 2.05) is 13.8 Å². The number of carbonyl (C=O) groups excluding carboxylic acids is 1. The van der Waals surface area contributed by atoms with Crippen molar-refractivity contribution in [1.29, 1.82) is 0 Å². The number of hydrogen-bond donors (Lipinski definition) is 2. The van der Waals surface area contributed by atoms with Crippen LogP contribution in [0.2, 0.25) is 0 Å². The number of amides is 1. The second-order valence-corrected chi connectivity index (χ2v) is 5.95. The van der Waals surface area contributed by atoms with Crippen molar-refractivity contribution in [2.75, 3.05) is 0 Å². The first-order valence-corrected chi connectivity index (χ1v) is 7.36. The van der Waals surface area contributed by atoms with Crippen LogP contribution < -0.4 is 10.2 Å². The van der Waals surface area contributed by atoms with Gasteiger partial charge in [-0.25, -0.2) is 4.79 Å². The van der Waals surface area contributed by atoms with E-state index in [1.165, 1.54) is 4.57 Å². The Morgan fingerprint density at radius 1 is 1.45 bits per heavy atom. The van der Waals surface area contributed by atoms with Gasteiger partial charge in [0.15, 0.2) is 0 Å². The van der Waals surface area contributed by atoms with Gasteiger partial charge < -0.3 is 15.0 Å². The Hall–Kier alpha value is -1.63. The maximum atomic E-state index is 11.8. The summed E-state index contributed by atoms with van der Waals surface area (Å²) in [5.74, 6) is -1.20. The first-order chi connectivity index (χ1) is 9.31. The maximum Gasteiger partial charge on any atom is 0.326 e. The monoisotopic (exact) mass is 300 g/mol. The van der Waals surface area contributed by atoms with E-state index in [4.69, 9.17) is 5.11 Å². The van der Waals surface area contributed by atoms with Crippen LogP contribution in [0.3, 0.4) is 0 Å². The number of thiazole rings is 1. The molecule has 1 aromatic heterocycles. The van der Waals surface area contributed by atoms with Crippen molar-refractivity contribution < 1.29 is 14.7 Å². The van der Waals surface area contributed by atoms with Gasteiger partial charge in [-0.2, -0.15) is 0 Å². The lowest BCUT2D eigenvalue weighted by atomic mass is 10.0. The van der Waals surface area contributed by atoms with Crippen molar-refractivity contribution >= 4 is 23.2 Å². The average Bonchev–Trinajstić information content (AvgIpc) is 2.65. The van der Waals surface area contributed by atoms with E-state index < -0.39 is 12.0 Å². The predicted octanol–water partition coefficient (Wildman–Crippen LogP) is 1.22. The number of carboxylic acid groups (broad SMARTS) is 1. The lowest BCUT2D eigenvalue weighted by molar-refractivity contribution is -0.142. The summed E-state index contributed by atoms with van der Waals surface area (Å²) in [6.07, 6.45) is 0.484. The van der Waals surface area contributed by atoms with E-state index in [-0.39, 0.29) is 29.7 Å². The Labute approximate surface area is 121 Å². The molecule has 0 radical (unpaired) electrons. The van der Waals surface area contributed by atoms with Gasteiger partial charge in [0.25, 0.3) is 0 Å². The van der Waals surface area contributed by atoms with Crippen LogP contribution in [-0.2, 0) is 16.1 Å². The second-order valence-electron chi connectivity index (χ2n) is 5.13. The topological polar surface area (TPSA) is 88.4 Å². The third-order valence-corrected chi connectivity index (χ3v) is 3.76. The number of carboxylic acids is 1. The number of aromatic nitrogens is 1. The molecule has 6 nitrogen and oxygen atoms in total. The zero-order valence-corrected chi connectivity index (χ0v) is 12.7. The van der Waals surface area contributed by atoms with Crippen LogP contribution in [0.25, 0.3) is 0 Å². The normalized spacial score (nSPS) is 12.4. The van der Waals surface area contributed by atoms with Gasteiger partial charge in [0.05, 0.1) is 0 Å². The fourth-order valence-electron chi connectivity index (χ4n) is 1.85. The molecular formula is C13H20N2O4S. The first kappa shape index (κ1) is 16.4. The third-order valence-electron chi connectivity index (χ3n) is 2.88. The van der Waals surface area contributed by atoms with Crippen LogP contribution in [0.15, 0.2) is 10.2 Å². The van der Waals surface area contributed by atoms with Crippen LogP contribution in [0, 0.1) is 12.8 Å². The van der Waals surface area contributed by atoms with Gasteiger partial charge in [0.1, 0.15) is 6.04 Å². The second kappa shape index (κ2) is 7.23. The molecule has 1 aromatic rings. The molecule has 0 aromatic carbocycles. The summed E-state index contributed by atoms with van der Waals surface area (Å²) in [7, 11) is 0. The molecule has 0 saturated heterocycles. The fraction of sp³-hybridized carbons (Fsp3) is 0.615. The number of nitrogens with zero attached hydrogens (tertiary/aromatic N) is 1. The molecule has 0 unspecified atom stereocenters. The van der Waals surface area contributed by atoms with Gasteiger partial charge in [0.2, 0.25) is 5.91 Å². The van der Waals surface area contributed by atoms with E-state index >= 15 is 0 Å². The van der Waals surface area contributed by atoms with Crippen molar-refractivity contribution in [2.24, 2.45) is 5.92 Å². The number of nitrogens with one attached hydrogen (secondary N) is 1. The van der Waals surface area contributed by atoms with Crippen LogP contribution in [-0.4, -0.2) is 27.6 Å². The van der Waals surface area contributed by atoms with Crippen LogP contribution in [0.5, 0.6) is 0 Å². The molecular weight excluding hydrogens is 280 g/mol. The minimum atomic E-state index is -1.03. The highest BCUT2D eigenvalue weighted by Crippen LogP contribution is 2.06. The molecule has 0 saturated carbocycles. The van der Waals surface area contributed by atoms with E-state index in [0.29, 0.717) is 6.42 Å². The Kier molecular flexibility index (Phi) is 5.94. The number of aryl methyl sites for hydroxylation is 1. The molecule has 0 spiro atoms. The zero-order valence-electron chi connectivity index (χ0n) is 11.9. The molecule has 0 aliphatic rings. The summed E-state index contributed by atoms with van der Waals surface area (Å²) >= 11 is 1.09. The van der Waals surface area contributed by atoms with E-state index in [9.17, 15) is 14.4 Å². The van der Waals surface area contributed by atoms with Crippen molar-refractivity contribution in [1.82, 2.24) is 9.88 Å². The number of rotatable bonds is 7. The molecule has 1 heterocycles. The third kappa shape index (κ3) is 4.80. The lowest BCUT2D eigenvalue weighted by Crippen LogP contribution is -2.42. The van der Waals surface area contributed by atoms with Gasteiger partial charge in [0, 0.05) is 24.0 Å². The summed E-state index contributed by atoms with van der Waals surface area (Å²) in [6, 6.07) is -0.872. The van der Waals surface area contributed by atoms with Gasteiger partial charge >= 0.3 is 10.8 Å². The Bertz CT molecular complexity index is 533. The molecule has 0 fully saturated rings. The minimum Gasteiger partial charge on any atom is -0.480 e. The first-order valence-electron chi connectivity index (χ1n) is 6.48. The summed E-state index contributed by atoms with van der Waals surface area (Å²) in [4.78, 5) is 34.2. The largest absolute Gasteiger partial charge is 0.480 e. The van der Waals surface area contributed by atoms with Gasteiger partial charge in [-0.15, -0.1) is 0 Å². The molecule has 112 valence electrons. The molecule has 0 bridgehead atoms. The fourth-order valence-corrected chi connectivity index (χ4v) is 2.61. The van der Waals surface area contributed by atoms with E-state index in [1.54, 1.807) is 12.3 Å². The molecule has 2 N–H and O–H groups in total. The highest BCUT2D eigenvalue weighted by Gasteiger charge is 2.20. The lowest BCUT2D eigenvalue weighted by Gasteiger charge is -2.16. The van der Waals surface area contributed by atoms with E-state index in [2.05, 4.69) is 5.32 Å². The van der Waals surface area contributed by atoms with Crippen LogP contribution >= 0.6 is 11.3 Å². The Balaban J connectivity index is 2.54. The Morgan fingerprint density at radius 2 is 2.10 bits per heavy atom. The molecule has 1 rings (SSSR count). The van der Waals surface area contributed by atoms with Crippen molar-refractivity contribution in [3.8, 4) is 0 Å². The highest BCUT2D eigenvalue weighted by molar-refractivity contribution is 7.07. The SMILES string of the molecule is Cc1csc(=O)n1CCC(=O)N[C@H](CC(C)C)C(=O)O. The summed E-state index contributed by atoms with van der Waals surface area (Å²) < 4.78 is 1.52. The Morgan fingerprint density at radius 3 is 2.55 bits per heavy atom. The highest BCUT2D eigenvalue weighted by atomic mass is 32.1. The summed E-state index contributed by atoms with van der Waals surface area (Å²) in [5.41, 5.74) is 0.810. The van der Waals surface area contributed by atoms with Crippen molar-refractivity contribution in [2.45, 2.75) is 46.2 Å². The molecule has 1 atom stereocenters. The average molecular weight is 300 g/mol. The number of aliphatic carboxylic acids is 1. The quantitative estimate of drug-likeness (QED) is 0.792. The molecule has 1 amide bonds. The van der Waals surface area contributed by atoms with Crippen LogP contribution in [0.4, 0.5) is 0 Å². The van der Waals surface area contributed by atoms with Gasteiger partial charge in [-0.3, -0.25) is 9.59 Å². The molecule has 0 aliphatic heterocycles. The van der Waals surface area contributed by atoms with Crippen LogP contribution in [0.1, 0.15) is 32.4 Å². The smallest absolute Gasteiger partial charge is 0.326 e. The molecule has 7 heteroatoms. The number of carbonyl (C=O) groups is 2. The molecule has 0 aliphatic carbocycles. The minimum absolute atomic E-state index is 0.0966. The summed E-state index contributed by atoms with van der Waals surface area (Å²) in [5, 5.41) is 13.3. The van der Waals surface area contributed by atoms with Crippen molar-refractivity contribution in [3.63, 3.8) is 0 Å². The number of hydrogen-bond acceptors (Lipinski definition) is 4. The maximum absolute atomic E-state index is 11.8. The van der Waals surface area contributed by atoms with Gasteiger partial charge in [-0.1, -0.05) is 25.2 Å². The standard InChI is InChI=1S/C13H20N2O4S/c1-8(2)6-10(12(17)18)14-11(16)4-5-15-9(3)7-20-13(15)19/h7-8,10H,4-6H2,1-3H3,(H,14,16)(H,17,18)/t10-/m1/s1. The molecule has 20 heavy (non-hydrogen) atoms. The zero-order chi connectivity index (χ0) is 15.3. The predicted molar refractivity (Wildman–Crippen MR) is 77.0 cm³/mol. The van der Waals surface area contributed by atoms with Gasteiger partial charge in [-0.05, 0) is 19.3 Å². The van der Waals surface area contributed by atoms with E-state index in [0.717, 1.165) is 17.0 Å². The summed E-state index contributed by atoms with van der Waals surface area (Å²) in [6.45, 7) is 5.87.